The van der Waals surface area contributed by atoms with Crippen LogP contribution in [0.4, 0.5) is 0 Å². The fraction of sp³-hybridized carbons (Fsp3) is 1.00. The van der Waals surface area contributed by atoms with E-state index in [1.807, 2.05) is 0 Å². The van der Waals surface area contributed by atoms with Crippen LogP contribution >= 0.6 is 0 Å². The van der Waals surface area contributed by atoms with Crippen LogP contribution in [0.2, 0.25) is 0 Å². The van der Waals surface area contributed by atoms with Gasteiger partial charge in [-0.15, -0.1) is 0 Å². The molecule has 0 aromatic rings. The molecule has 0 saturated heterocycles. The van der Waals surface area contributed by atoms with Crippen LogP contribution in [0.25, 0.3) is 0 Å². The van der Waals surface area contributed by atoms with Gasteiger partial charge in [0.15, 0.2) is 0 Å². The Hall–Kier alpha value is -0.0800. The van der Waals surface area contributed by atoms with Gasteiger partial charge in [0, 0.05) is 6.61 Å². The van der Waals surface area contributed by atoms with Crippen LogP contribution in [0.5, 0.6) is 0 Å². The van der Waals surface area contributed by atoms with E-state index in [-0.39, 0.29) is 0 Å². The molecule has 0 aromatic carbocycles. The van der Waals surface area contributed by atoms with E-state index in [0.717, 1.165) is 48.3 Å². The van der Waals surface area contributed by atoms with Gasteiger partial charge in [0.25, 0.3) is 0 Å². The fourth-order valence-corrected chi connectivity index (χ4v) is 8.54. The zero-order valence-corrected chi connectivity index (χ0v) is 17.6. The second-order valence-electron chi connectivity index (χ2n) is 11.3. The lowest BCUT2D eigenvalue weighted by Crippen LogP contribution is -2.52. The second-order valence-corrected chi connectivity index (χ2v) is 11.3. The number of fused-ring (bicyclic) bond motifs is 5. The Kier molecular flexibility index (Phi) is 5.01. The molecule has 1 unspecified atom stereocenters. The molecule has 4 rings (SSSR count). The Morgan fingerprint density at radius 1 is 0.885 bits per heavy atom. The van der Waals surface area contributed by atoms with Gasteiger partial charge in [0.2, 0.25) is 0 Å². The lowest BCUT2D eigenvalue weighted by Gasteiger charge is -2.58. The lowest BCUT2D eigenvalue weighted by molar-refractivity contribution is -0.123. The largest absolute Gasteiger partial charge is 0.396 e. The van der Waals surface area contributed by atoms with Gasteiger partial charge in [-0.1, -0.05) is 27.7 Å². The Morgan fingerprint density at radius 3 is 2.31 bits per heavy atom. The monoisotopic (exact) mass is 362 g/mol. The van der Waals surface area contributed by atoms with E-state index in [4.69, 9.17) is 0 Å². The Labute approximate surface area is 161 Å². The molecule has 0 aliphatic heterocycles. The summed E-state index contributed by atoms with van der Waals surface area (Å²) < 4.78 is 0. The smallest absolute Gasteiger partial charge is 0.0673 e. The molecule has 9 atom stereocenters. The third kappa shape index (κ3) is 2.81. The molecule has 2 N–H and O–H groups in total. The van der Waals surface area contributed by atoms with Crippen LogP contribution in [-0.2, 0) is 0 Å². The Balaban J connectivity index is 1.51. The van der Waals surface area contributed by atoms with Gasteiger partial charge in [0.1, 0.15) is 0 Å². The molecule has 4 fully saturated rings. The van der Waals surface area contributed by atoms with Crippen molar-refractivity contribution in [3.05, 3.63) is 0 Å². The molecule has 2 heteroatoms. The van der Waals surface area contributed by atoms with E-state index >= 15 is 0 Å². The first-order valence-corrected chi connectivity index (χ1v) is 11.6. The molecule has 26 heavy (non-hydrogen) atoms. The van der Waals surface area contributed by atoms with E-state index in [9.17, 15) is 10.2 Å². The zero-order valence-electron chi connectivity index (χ0n) is 17.6. The SMILES string of the molecule is CC(CO)[C@H]1CC[C@H]2[C@@H]3CC[C@@H]4C[C@@](O)(C(C)C)CC[C@@H]4[C@H]3CC[C@]12C. The number of rotatable bonds is 3. The summed E-state index contributed by atoms with van der Waals surface area (Å²) in [5.74, 6) is 5.99. The molecule has 2 nitrogen and oxygen atoms in total. The van der Waals surface area contributed by atoms with Gasteiger partial charge >= 0.3 is 0 Å². The zero-order chi connectivity index (χ0) is 18.7. The first-order chi connectivity index (χ1) is 12.3. The number of aliphatic hydroxyl groups is 2. The summed E-state index contributed by atoms with van der Waals surface area (Å²) in [6, 6.07) is 0. The predicted molar refractivity (Wildman–Crippen MR) is 107 cm³/mol. The summed E-state index contributed by atoms with van der Waals surface area (Å²) in [7, 11) is 0. The van der Waals surface area contributed by atoms with E-state index in [2.05, 4.69) is 27.7 Å². The van der Waals surface area contributed by atoms with Crippen LogP contribution in [0.1, 0.15) is 85.5 Å². The average molecular weight is 363 g/mol. The van der Waals surface area contributed by atoms with Crippen molar-refractivity contribution in [1.29, 1.82) is 0 Å². The van der Waals surface area contributed by atoms with Crippen molar-refractivity contribution in [2.75, 3.05) is 6.61 Å². The Morgan fingerprint density at radius 2 is 1.62 bits per heavy atom. The lowest BCUT2D eigenvalue weighted by atomic mass is 9.48. The van der Waals surface area contributed by atoms with Crippen LogP contribution < -0.4 is 0 Å². The highest BCUT2D eigenvalue weighted by molar-refractivity contribution is 5.07. The maximum absolute atomic E-state index is 11.1. The predicted octanol–water partition coefficient (Wildman–Crippen LogP) is 5.27. The number of hydrogen-bond donors (Lipinski definition) is 2. The molecular weight excluding hydrogens is 320 g/mol. The van der Waals surface area contributed by atoms with Crippen LogP contribution in [0.3, 0.4) is 0 Å². The molecule has 0 spiro atoms. The highest BCUT2D eigenvalue weighted by atomic mass is 16.3. The molecule has 0 radical (unpaired) electrons. The minimum Gasteiger partial charge on any atom is -0.396 e. The third-order valence-corrected chi connectivity index (χ3v) is 10.2. The molecular formula is C24H42O2. The van der Waals surface area contributed by atoms with E-state index in [1.165, 1.54) is 44.9 Å². The maximum Gasteiger partial charge on any atom is 0.0673 e. The molecule has 0 amide bonds. The molecule has 4 saturated carbocycles. The van der Waals surface area contributed by atoms with E-state index in [0.29, 0.717) is 23.9 Å². The first-order valence-electron chi connectivity index (χ1n) is 11.6. The number of aliphatic hydroxyl groups excluding tert-OH is 1. The molecule has 4 aliphatic rings. The number of hydrogen-bond acceptors (Lipinski definition) is 2. The van der Waals surface area contributed by atoms with Gasteiger partial charge < -0.3 is 10.2 Å². The van der Waals surface area contributed by atoms with Gasteiger partial charge in [-0.05, 0) is 111 Å². The van der Waals surface area contributed by atoms with Crippen molar-refractivity contribution in [3.63, 3.8) is 0 Å². The van der Waals surface area contributed by atoms with Gasteiger partial charge in [-0.3, -0.25) is 0 Å². The minimum absolute atomic E-state index is 0.361. The van der Waals surface area contributed by atoms with Crippen molar-refractivity contribution < 1.29 is 10.2 Å². The maximum atomic E-state index is 11.1. The highest BCUT2D eigenvalue weighted by Crippen LogP contribution is 2.65. The normalized spacial score (nSPS) is 52.3. The second kappa shape index (κ2) is 6.76. The molecule has 4 aliphatic carbocycles. The standard InChI is InChI=1S/C24H42O2/c1-15(2)24(26)12-10-18-17(13-24)5-6-20-19(18)9-11-23(4)21(16(3)14-25)7-8-22(20)23/h15-22,25-26H,5-14H2,1-4H3/t16?,17-,18+,19-,20-,21-,22+,23-,24-/m1/s1. The first kappa shape index (κ1) is 19.2. The van der Waals surface area contributed by atoms with Crippen molar-refractivity contribution in [2.45, 2.75) is 91.1 Å². The van der Waals surface area contributed by atoms with Crippen molar-refractivity contribution >= 4 is 0 Å². The van der Waals surface area contributed by atoms with Crippen molar-refractivity contribution in [1.82, 2.24) is 0 Å². The quantitative estimate of drug-likeness (QED) is 0.718. The average Bonchev–Trinajstić information content (AvgIpc) is 2.97. The summed E-state index contributed by atoms with van der Waals surface area (Å²) in [5.41, 5.74) is 0.0791. The van der Waals surface area contributed by atoms with Crippen LogP contribution in [0, 0.1) is 52.8 Å². The molecule has 0 aromatic heterocycles. The summed E-state index contributed by atoms with van der Waals surface area (Å²) in [5, 5.41) is 20.8. The molecule has 150 valence electrons. The Bertz CT molecular complexity index is 516. The van der Waals surface area contributed by atoms with Crippen LogP contribution in [0.15, 0.2) is 0 Å². The van der Waals surface area contributed by atoms with Crippen molar-refractivity contribution in [3.8, 4) is 0 Å². The fourth-order valence-electron chi connectivity index (χ4n) is 8.54. The minimum atomic E-state index is -0.397. The van der Waals surface area contributed by atoms with E-state index < -0.39 is 5.60 Å². The van der Waals surface area contributed by atoms with Gasteiger partial charge in [-0.2, -0.15) is 0 Å². The van der Waals surface area contributed by atoms with Crippen molar-refractivity contribution in [2.24, 2.45) is 52.8 Å². The molecule has 0 heterocycles. The molecule has 0 bridgehead atoms. The summed E-state index contributed by atoms with van der Waals surface area (Å²) in [4.78, 5) is 0. The summed E-state index contributed by atoms with van der Waals surface area (Å²) >= 11 is 0. The van der Waals surface area contributed by atoms with E-state index in [1.54, 1.807) is 0 Å². The topological polar surface area (TPSA) is 40.5 Å². The summed E-state index contributed by atoms with van der Waals surface area (Å²) in [6.45, 7) is 9.62. The van der Waals surface area contributed by atoms with Gasteiger partial charge in [-0.25, -0.2) is 0 Å². The third-order valence-electron chi connectivity index (χ3n) is 10.2. The van der Waals surface area contributed by atoms with Gasteiger partial charge in [0.05, 0.1) is 5.60 Å². The highest BCUT2D eigenvalue weighted by Gasteiger charge is 2.58. The summed E-state index contributed by atoms with van der Waals surface area (Å²) in [6.07, 6.45) is 11.6. The van der Waals surface area contributed by atoms with Crippen LogP contribution in [-0.4, -0.2) is 22.4 Å².